The minimum atomic E-state index is -1.47. The van der Waals surface area contributed by atoms with Crippen molar-refractivity contribution in [1.29, 1.82) is 0 Å². The molecule has 7 nitrogen and oxygen atoms in total. The van der Waals surface area contributed by atoms with Crippen LogP contribution in [0.1, 0.15) is 181 Å². The highest BCUT2D eigenvalue weighted by atomic mass is 16.6. The lowest BCUT2D eigenvalue weighted by atomic mass is 9.97. The molecular weight excluding hydrogens is 566 g/mol. The van der Waals surface area contributed by atoms with Gasteiger partial charge in [0.2, 0.25) is 5.91 Å². The second-order valence-corrected chi connectivity index (χ2v) is 13.5. The van der Waals surface area contributed by atoms with Gasteiger partial charge in [0.1, 0.15) is 24.4 Å². The van der Waals surface area contributed by atoms with Gasteiger partial charge in [0, 0.05) is 13.0 Å². The Hall–Kier alpha value is -0.990. The number of ether oxygens (including phenoxy) is 1. The third kappa shape index (κ3) is 20.1. The van der Waals surface area contributed by atoms with Crippen molar-refractivity contribution in [2.45, 2.75) is 211 Å². The summed E-state index contributed by atoms with van der Waals surface area (Å²) in [4.78, 5) is 14.9. The fraction of sp³-hybridized carbons (Fsp3) is 0.921. The van der Waals surface area contributed by atoms with Gasteiger partial charge in [-0.2, -0.15) is 0 Å². The maximum Gasteiger partial charge on any atom is 0.224 e. The van der Waals surface area contributed by atoms with Gasteiger partial charge in [0.25, 0.3) is 0 Å². The highest BCUT2D eigenvalue weighted by molar-refractivity contribution is 5.76. The first kappa shape index (κ1) is 42.0. The first-order chi connectivity index (χ1) is 22.0. The smallest absolute Gasteiger partial charge is 0.224 e. The Labute approximate surface area is 277 Å². The third-order valence-corrected chi connectivity index (χ3v) is 9.40. The lowest BCUT2D eigenvalue weighted by Crippen LogP contribution is -2.64. The van der Waals surface area contributed by atoms with Crippen LogP contribution in [0, 0.1) is 0 Å². The largest absolute Gasteiger partial charge is 0.394 e. The molecule has 1 aliphatic rings. The quantitative estimate of drug-likeness (QED) is 0.0464. The highest BCUT2D eigenvalue weighted by Gasteiger charge is 2.46. The van der Waals surface area contributed by atoms with Gasteiger partial charge in [-0.25, -0.2) is 0 Å². The SMILES string of the molecule is CCCCCCCC/C=C\CCCCCCCC(=O)N(CCCCCCCCCCCCCC)[C@@H]1O[C@H](CO)[C@H](O)[C@H](O)[C@H]1O. The Kier molecular flexibility index (Phi) is 27.2. The maximum absolute atomic E-state index is 13.4. The molecule has 0 aromatic heterocycles. The first-order valence-electron chi connectivity index (χ1n) is 19.2. The van der Waals surface area contributed by atoms with E-state index < -0.39 is 37.3 Å². The molecule has 1 amide bonds. The van der Waals surface area contributed by atoms with Gasteiger partial charge in [0.15, 0.2) is 6.23 Å². The number of nitrogens with zero attached hydrogens (tertiary/aromatic N) is 1. The summed E-state index contributed by atoms with van der Waals surface area (Å²) in [6.07, 6.45) is 28.8. The van der Waals surface area contributed by atoms with Crippen LogP contribution in [-0.4, -0.2) is 75.0 Å². The fourth-order valence-electron chi connectivity index (χ4n) is 6.35. The summed E-state index contributed by atoms with van der Waals surface area (Å²) >= 11 is 0. The van der Waals surface area contributed by atoms with Crippen LogP contribution in [0.2, 0.25) is 0 Å². The Morgan fingerprint density at radius 3 is 1.47 bits per heavy atom. The highest BCUT2D eigenvalue weighted by Crippen LogP contribution is 2.25. The molecule has 0 spiro atoms. The molecule has 266 valence electrons. The average Bonchev–Trinajstić information content (AvgIpc) is 3.04. The van der Waals surface area contributed by atoms with Crippen LogP contribution in [0.5, 0.6) is 0 Å². The van der Waals surface area contributed by atoms with Gasteiger partial charge in [-0.05, 0) is 38.5 Å². The third-order valence-electron chi connectivity index (χ3n) is 9.40. The van der Waals surface area contributed by atoms with E-state index in [0.29, 0.717) is 13.0 Å². The minimum absolute atomic E-state index is 0.0972. The summed E-state index contributed by atoms with van der Waals surface area (Å²) in [5.74, 6) is -0.0972. The van der Waals surface area contributed by atoms with E-state index in [0.717, 1.165) is 51.4 Å². The van der Waals surface area contributed by atoms with E-state index in [4.69, 9.17) is 4.74 Å². The summed E-state index contributed by atoms with van der Waals surface area (Å²) in [6.45, 7) is 4.45. The number of amides is 1. The van der Waals surface area contributed by atoms with E-state index in [9.17, 15) is 25.2 Å². The van der Waals surface area contributed by atoms with Gasteiger partial charge < -0.3 is 30.1 Å². The summed E-state index contributed by atoms with van der Waals surface area (Å²) in [5.41, 5.74) is 0. The molecule has 1 heterocycles. The lowest BCUT2D eigenvalue weighted by Gasteiger charge is -2.44. The van der Waals surface area contributed by atoms with Crippen LogP contribution in [0.15, 0.2) is 12.2 Å². The number of allylic oxidation sites excluding steroid dienone is 2. The van der Waals surface area contributed by atoms with Gasteiger partial charge >= 0.3 is 0 Å². The molecule has 1 fully saturated rings. The van der Waals surface area contributed by atoms with Crippen LogP contribution in [0.4, 0.5) is 0 Å². The van der Waals surface area contributed by atoms with E-state index in [1.165, 1.54) is 109 Å². The molecule has 0 aromatic carbocycles. The summed E-state index contributed by atoms with van der Waals surface area (Å²) in [6, 6.07) is 0. The summed E-state index contributed by atoms with van der Waals surface area (Å²) in [7, 11) is 0. The molecule has 0 radical (unpaired) electrons. The van der Waals surface area contributed by atoms with Crippen molar-refractivity contribution in [1.82, 2.24) is 4.90 Å². The molecule has 5 atom stereocenters. The van der Waals surface area contributed by atoms with Crippen molar-refractivity contribution in [3.8, 4) is 0 Å². The Bertz CT molecular complexity index is 702. The van der Waals surface area contributed by atoms with Gasteiger partial charge in [0.05, 0.1) is 6.61 Å². The van der Waals surface area contributed by atoms with Crippen molar-refractivity contribution in [2.24, 2.45) is 0 Å². The van der Waals surface area contributed by atoms with Crippen molar-refractivity contribution >= 4 is 5.91 Å². The van der Waals surface area contributed by atoms with Crippen molar-refractivity contribution in [3.63, 3.8) is 0 Å². The molecule has 0 unspecified atom stereocenters. The predicted molar refractivity (Wildman–Crippen MR) is 186 cm³/mol. The topological polar surface area (TPSA) is 110 Å². The molecule has 4 N–H and O–H groups in total. The van der Waals surface area contributed by atoms with E-state index >= 15 is 0 Å². The van der Waals surface area contributed by atoms with Gasteiger partial charge in [-0.3, -0.25) is 4.79 Å². The second-order valence-electron chi connectivity index (χ2n) is 13.5. The number of hydrogen-bond acceptors (Lipinski definition) is 6. The monoisotopic (exact) mass is 640 g/mol. The maximum atomic E-state index is 13.4. The van der Waals surface area contributed by atoms with Crippen LogP contribution in [0.25, 0.3) is 0 Å². The van der Waals surface area contributed by atoms with Gasteiger partial charge in [-0.15, -0.1) is 0 Å². The van der Waals surface area contributed by atoms with E-state index in [2.05, 4.69) is 26.0 Å². The number of unbranched alkanes of at least 4 members (excludes halogenated alkanes) is 22. The van der Waals surface area contributed by atoms with Crippen LogP contribution in [-0.2, 0) is 9.53 Å². The number of hydrogen-bond donors (Lipinski definition) is 4. The average molecular weight is 640 g/mol. The molecule has 0 bridgehead atoms. The Morgan fingerprint density at radius 2 is 1.00 bits per heavy atom. The zero-order valence-electron chi connectivity index (χ0n) is 29.4. The van der Waals surface area contributed by atoms with Crippen LogP contribution in [0.3, 0.4) is 0 Å². The molecule has 0 aromatic rings. The van der Waals surface area contributed by atoms with Crippen molar-refractivity contribution in [2.75, 3.05) is 13.2 Å². The molecule has 1 saturated heterocycles. The van der Waals surface area contributed by atoms with E-state index in [1.807, 2.05) is 0 Å². The number of carbonyl (C=O) groups excluding carboxylic acids is 1. The minimum Gasteiger partial charge on any atom is -0.394 e. The Balaban J connectivity index is 2.36. The normalized spacial score (nSPS) is 22.0. The second kappa shape index (κ2) is 29.2. The molecular formula is C38H73NO6. The van der Waals surface area contributed by atoms with Crippen LogP contribution < -0.4 is 0 Å². The van der Waals surface area contributed by atoms with Gasteiger partial charge in [-0.1, -0.05) is 148 Å². The molecule has 0 saturated carbocycles. The standard InChI is InChI=1S/C38H73NO6/c1-3-5-7-9-11-13-15-17-18-19-20-22-24-26-28-30-34(41)39(38-37(44)36(43)35(42)33(32-40)45-38)31-29-27-25-23-21-16-14-12-10-8-6-4-2/h17-18,33,35-38,40,42-44H,3-16,19-32H2,1-2H3/b18-17-/t33-,35+,36+,37-,38-/m1/s1. The van der Waals surface area contributed by atoms with Crippen molar-refractivity contribution in [3.05, 3.63) is 12.2 Å². The van der Waals surface area contributed by atoms with E-state index in [-0.39, 0.29) is 5.91 Å². The van der Waals surface area contributed by atoms with Crippen molar-refractivity contribution < 1.29 is 30.0 Å². The zero-order chi connectivity index (χ0) is 33.0. The molecule has 45 heavy (non-hydrogen) atoms. The first-order valence-corrected chi connectivity index (χ1v) is 19.2. The fourth-order valence-corrected chi connectivity index (χ4v) is 6.35. The van der Waals surface area contributed by atoms with Crippen LogP contribution >= 0.6 is 0 Å². The number of aliphatic hydroxyl groups excluding tert-OH is 4. The summed E-state index contributed by atoms with van der Waals surface area (Å²) < 4.78 is 5.79. The Morgan fingerprint density at radius 1 is 0.578 bits per heavy atom. The zero-order valence-corrected chi connectivity index (χ0v) is 29.4. The number of aliphatic hydroxyl groups is 4. The lowest BCUT2D eigenvalue weighted by molar-refractivity contribution is -0.262. The number of rotatable bonds is 30. The number of carbonyl (C=O) groups is 1. The molecule has 1 rings (SSSR count). The molecule has 1 aliphatic heterocycles. The molecule has 7 heteroatoms. The molecule has 0 aliphatic carbocycles. The summed E-state index contributed by atoms with van der Waals surface area (Å²) in [5, 5.41) is 41.0. The predicted octanol–water partition coefficient (Wildman–Crippen LogP) is 8.35. The van der Waals surface area contributed by atoms with E-state index in [1.54, 1.807) is 4.90 Å².